The first kappa shape index (κ1) is 26.2. The van der Waals surface area contributed by atoms with Crippen LogP contribution in [0.5, 0.6) is 0 Å². The molecule has 6 heteroatoms. The van der Waals surface area contributed by atoms with Crippen LogP contribution in [0.3, 0.4) is 0 Å². The summed E-state index contributed by atoms with van der Waals surface area (Å²) in [4.78, 5) is 25.7. The van der Waals surface area contributed by atoms with Crippen LogP contribution >= 0.6 is 0 Å². The summed E-state index contributed by atoms with van der Waals surface area (Å²) < 4.78 is 5.68. The minimum absolute atomic E-state index is 0.0149. The van der Waals surface area contributed by atoms with Crippen LogP contribution in [0, 0.1) is 0 Å². The Balaban J connectivity index is 1.19. The molecule has 6 nitrogen and oxygen atoms in total. The topological polar surface area (TPSA) is 93.5 Å². The lowest BCUT2D eigenvalue weighted by Crippen LogP contribution is -2.51. The van der Waals surface area contributed by atoms with E-state index in [0.29, 0.717) is 12.8 Å². The highest BCUT2D eigenvalue weighted by molar-refractivity contribution is 5.82. The van der Waals surface area contributed by atoms with Crippen molar-refractivity contribution < 1.29 is 14.3 Å². The van der Waals surface area contributed by atoms with Crippen molar-refractivity contribution in [1.29, 1.82) is 0 Å². The lowest BCUT2D eigenvalue weighted by atomic mass is 9.98. The van der Waals surface area contributed by atoms with Gasteiger partial charge in [0.2, 0.25) is 5.91 Å². The van der Waals surface area contributed by atoms with Gasteiger partial charge in [-0.1, -0.05) is 109 Å². The van der Waals surface area contributed by atoms with Crippen LogP contribution in [0.2, 0.25) is 0 Å². The van der Waals surface area contributed by atoms with Gasteiger partial charge in [0.05, 0.1) is 12.1 Å². The molecule has 0 saturated heterocycles. The Labute approximate surface area is 229 Å². The summed E-state index contributed by atoms with van der Waals surface area (Å²) in [5.74, 6) is -0.270. The van der Waals surface area contributed by atoms with Crippen LogP contribution in [0.25, 0.3) is 11.1 Å². The number of alkyl carbamates (subject to hydrolysis) is 1. The number of hydrogen-bond donors (Lipinski definition) is 3. The Kier molecular flexibility index (Phi) is 8.34. The average Bonchev–Trinajstić information content (AvgIpc) is 3.29. The quantitative estimate of drug-likeness (QED) is 0.280. The second-order valence-electron chi connectivity index (χ2n) is 9.90. The summed E-state index contributed by atoms with van der Waals surface area (Å²) in [7, 11) is 0. The van der Waals surface area contributed by atoms with E-state index in [1.807, 2.05) is 84.9 Å². The molecule has 4 aromatic carbocycles. The van der Waals surface area contributed by atoms with Gasteiger partial charge >= 0.3 is 6.09 Å². The zero-order chi connectivity index (χ0) is 27.0. The first-order valence-corrected chi connectivity index (χ1v) is 13.3. The van der Waals surface area contributed by atoms with Gasteiger partial charge in [-0.25, -0.2) is 4.79 Å². The molecule has 2 atom stereocenters. The Bertz CT molecular complexity index is 1360. The molecule has 1 aliphatic carbocycles. The Morgan fingerprint density at radius 3 is 1.82 bits per heavy atom. The largest absolute Gasteiger partial charge is 0.449 e. The number of carbonyl (C=O) groups is 2. The molecule has 5 rings (SSSR count). The van der Waals surface area contributed by atoms with E-state index in [4.69, 9.17) is 10.5 Å². The molecule has 39 heavy (non-hydrogen) atoms. The maximum absolute atomic E-state index is 12.9. The van der Waals surface area contributed by atoms with Gasteiger partial charge in [0.25, 0.3) is 0 Å². The highest BCUT2D eigenvalue weighted by Crippen LogP contribution is 2.44. The maximum atomic E-state index is 12.9. The monoisotopic (exact) mass is 519 g/mol. The van der Waals surface area contributed by atoms with Crippen molar-refractivity contribution in [1.82, 2.24) is 10.6 Å². The predicted molar refractivity (Wildman–Crippen MR) is 153 cm³/mol. The Hall–Kier alpha value is -4.42. The van der Waals surface area contributed by atoms with Gasteiger partial charge in [-0.05, 0) is 46.2 Å². The van der Waals surface area contributed by atoms with Crippen LogP contribution < -0.4 is 16.4 Å². The van der Waals surface area contributed by atoms with Crippen molar-refractivity contribution in [2.24, 2.45) is 5.73 Å². The molecule has 2 amide bonds. The van der Waals surface area contributed by atoms with Crippen molar-refractivity contribution in [3.05, 3.63) is 131 Å². The lowest BCUT2D eigenvalue weighted by Gasteiger charge is -2.22. The van der Waals surface area contributed by atoms with Gasteiger partial charge in [-0.2, -0.15) is 0 Å². The number of ether oxygens (including phenoxy) is 1. The van der Waals surface area contributed by atoms with Crippen LogP contribution in [-0.2, 0) is 22.4 Å². The summed E-state index contributed by atoms with van der Waals surface area (Å²) in [5, 5.41) is 5.88. The number of nitrogens with one attached hydrogen (secondary N) is 2. The molecule has 4 N–H and O–H groups in total. The van der Waals surface area contributed by atoms with Crippen LogP contribution in [0.4, 0.5) is 4.79 Å². The third kappa shape index (κ3) is 6.54. The second kappa shape index (κ2) is 12.4. The molecular weight excluding hydrogens is 486 g/mol. The molecule has 0 aliphatic heterocycles. The maximum Gasteiger partial charge on any atom is 0.407 e. The summed E-state index contributed by atoms with van der Waals surface area (Å²) >= 11 is 0. The Morgan fingerprint density at radius 1 is 0.718 bits per heavy atom. The molecule has 0 heterocycles. The molecule has 0 spiro atoms. The molecule has 0 radical (unpaired) electrons. The number of amides is 2. The van der Waals surface area contributed by atoms with Crippen LogP contribution in [0.1, 0.15) is 28.2 Å². The zero-order valence-corrected chi connectivity index (χ0v) is 21.8. The summed E-state index contributed by atoms with van der Waals surface area (Å²) in [5.41, 5.74) is 12.9. The number of benzene rings is 4. The minimum Gasteiger partial charge on any atom is -0.449 e. The van der Waals surface area contributed by atoms with Crippen molar-refractivity contribution in [3.8, 4) is 11.1 Å². The second-order valence-corrected chi connectivity index (χ2v) is 9.90. The molecule has 0 aromatic heterocycles. The van der Waals surface area contributed by atoms with E-state index in [0.717, 1.165) is 22.3 Å². The number of fused-ring (bicyclic) bond motifs is 3. The van der Waals surface area contributed by atoms with Crippen LogP contribution in [0.15, 0.2) is 109 Å². The normalized spacial score (nSPS) is 13.6. The first-order chi connectivity index (χ1) is 19.1. The lowest BCUT2D eigenvalue weighted by molar-refractivity contribution is -0.123. The molecule has 0 fully saturated rings. The first-order valence-electron chi connectivity index (χ1n) is 13.3. The molecule has 1 aliphatic rings. The molecule has 4 aromatic rings. The summed E-state index contributed by atoms with van der Waals surface area (Å²) in [6.45, 7) is 0.451. The van der Waals surface area contributed by atoms with Gasteiger partial charge in [0.1, 0.15) is 6.61 Å². The molecule has 198 valence electrons. The third-order valence-electron chi connectivity index (χ3n) is 7.14. The third-order valence-corrected chi connectivity index (χ3v) is 7.14. The summed E-state index contributed by atoms with van der Waals surface area (Å²) in [6.07, 6.45) is 0.469. The van der Waals surface area contributed by atoms with Gasteiger partial charge < -0.3 is 21.1 Å². The van der Waals surface area contributed by atoms with Crippen LogP contribution in [-0.4, -0.2) is 37.2 Å². The van der Waals surface area contributed by atoms with Crippen molar-refractivity contribution in [3.63, 3.8) is 0 Å². The predicted octanol–water partition coefficient (Wildman–Crippen LogP) is 4.82. The van der Waals surface area contributed by atoms with E-state index in [1.165, 1.54) is 11.1 Å². The van der Waals surface area contributed by atoms with E-state index >= 15 is 0 Å². The number of hydrogen-bond acceptors (Lipinski definition) is 4. The van der Waals surface area contributed by atoms with Crippen molar-refractivity contribution in [2.45, 2.75) is 30.8 Å². The molecule has 0 saturated carbocycles. The number of nitrogens with two attached hydrogens (primary N) is 1. The smallest absolute Gasteiger partial charge is 0.407 e. The Morgan fingerprint density at radius 2 is 1.23 bits per heavy atom. The fourth-order valence-corrected chi connectivity index (χ4v) is 5.20. The van der Waals surface area contributed by atoms with Gasteiger partial charge in [0.15, 0.2) is 0 Å². The molecule has 0 bridgehead atoms. The van der Waals surface area contributed by atoms with E-state index < -0.39 is 12.1 Å². The fourth-order valence-electron chi connectivity index (χ4n) is 5.20. The molecule has 0 unspecified atom stereocenters. The minimum atomic E-state index is -0.694. The standard InChI is InChI=1S/C33H33N3O3/c34-31(20-24-13-5-2-6-14-24)32(37)36-25(19-23-11-3-1-4-12-23)21-35-33(38)39-22-30-28-17-9-7-15-26(28)27-16-8-10-18-29(27)30/h1-18,25,30-31H,19-22,34H2,(H,35,38)(H,36,37)/t25-,31+/m1/s1. The van der Waals surface area contributed by atoms with Gasteiger partial charge in [-0.3, -0.25) is 4.79 Å². The van der Waals surface area contributed by atoms with E-state index in [-0.39, 0.29) is 31.0 Å². The molecular formula is C33H33N3O3. The van der Waals surface area contributed by atoms with E-state index in [1.54, 1.807) is 0 Å². The SMILES string of the molecule is N[C@@H](Cc1ccccc1)C(=O)N[C@@H](CNC(=O)OCC1c2ccccc2-c2ccccc21)Cc1ccccc1. The van der Waals surface area contributed by atoms with Gasteiger partial charge in [-0.15, -0.1) is 0 Å². The average molecular weight is 520 g/mol. The van der Waals surface area contributed by atoms with Crippen molar-refractivity contribution in [2.75, 3.05) is 13.2 Å². The highest BCUT2D eigenvalue weighted by atomic mass is 16.5. The van der Waals surface area contributed by atoms with E-state index in [9.17, 15) is 9.59 Å². The zero-order valence-electron chi connectivity index (χ0n) is 21.8. The number of carbonyl (C=O) groups excluding carboxylic acids is 2. The fraction of sp³-hybridized carbons (Fsp3) is 0.212. The highest BCUT2D eigenvalue weighted by Gasteiger charge is 2.29. The number of rotatable bonds is 10. The van der Waals surface area contributed by atoms with Crippen molar-refractivity contribution >= 4 is 12.0 Å². The summed E-state index contributed by atoms with van der Waals surface area (Å²) in [6, 6.07) is 35.0. The van der Waals surface area contributed by atoms with E-state index in [2.05, 4.69) is 34.9 Å². The van der Waals surface area contributed by atoms with Gasteiger partial charge in [0, 0.05) is 12.5 Å².